The van der Waals surface area contributed by atoms with Crippen LogP contribution in [-0.2, 0) is 11.3 Å². The van der Waals surface area contributed by atoms with Crippen molar-refractivity contribution in [2.75, 3.05) is 13.6 Å². The molecule has 1 aromatic heterocycles. The van der Waals surface area contributed by atoms with Crippen molar-refractivity contribution in [3.8, 4) is 0 Å². The van der Waals surface area contributed by atoms with Crippen LogP contribution in [0.4, 0.5) is 0 Å². The van der Waals surface area contributed by atoms with Gasteiger partial charge in [0.2, 0.25) is 0 Å². The minimum Gasteiger partial charge on any atom is -0.441 e. The number of oxazole rings is 1. The molecule has 0 aliphatic carbocycles. The second kappa shape index (κ2) is 4.67. The number of carbonyl (C=O) groups excluding carboxylic acids is 1. The van der Waals surface area contributed by atoms with Crippen molar-refractivity contribution in [2.45, 2.75) is 20.4 Å². The maximum Gasteiger partial charge on any atom is 0.192 e. The third-order valence-electron chi connectivity index (χ3n) is 2.50. The SMILES string of the molecule is CC(=O)CN(C)Cc1ccc2oc(C)nc2c1. The number of nitrogens with zero attached hydrogens (tertiary/aromatic N) is 2. The Bertz CT molecular complexity index is 545. The number of carbonyl (C=O) groups is 1. The largest absolute Gasteiger partial charge is 0.441 e. The van der Waals surface area contributed by atoms with Gasteiger partial charge in [-0.15, -0.1) is 0 Å². The highest BCUT2D eigenvalue weighted by Crippen LogP contribution is 2.17. The first-order chi connectivity index (χ1) is 8.04. The molecule has 1 heterocycles. The molecule has 0 spiro atoms. The molecule has 0 saturated heterocycles. The third-order valence-corrected chi connectivity index (χ3v) is 2.50. The van der Waals surface area contributed by atoms with E-state index in [4.69, 9.17) is 4.42 Å². The quantitative estimate of drug-likeness (QED) is 0.810. The summed E-state index contributed by atoms with van der Waals surface area (Å²) >= 11 is 0. The minimum atomic E-state index is 0.172. The zero-order chi connectivity index (χ0) is 12.4. The van der Waals surface area contributed by atoms with Crippen LogP contribution in [0.25, 0.3) is 11.1 Å². The van der Waals surface area contributed by atoms with E-state index in [0.717, 1.165) is 23.2 Å². The van der Waals surface area contributed by atoms with Crippen LogP contribution in [0, 0.1) is 6.92 Å². The van der Waals surface area contributed by atoms with E-state index in [1.165, 1.54) is 0 Å². The fourth-order valence-corrected chi connectivity index (χ4v) is 1.93. The first-order valence-electron chi connectivity index (χ1n) is 5.58. The van der Waals surface area contributed by atoms with E-state index in [9.17, 15) is 4.79 Å². The Hall–Kier alpha value is -1.68. The van der Waals surface area contributed by atoms with E-state index in [1.807, 2.05) is 37.1 Å². The number of aromatic nitrogens is 1. The summed E-state index contributed by atoms with van der Waals surface area (Å²) in [6, 6.07) is 5.93. The normalized spacial score (nSPS) is 11.3. The number of rotatable bonds is 4. The van der Waals surface area contributed by atoms with Crippen molar-refractivity contribution < 1.29 is 9.21 Å². The molecular formula is C13H16N2O2. The first-order valence-corrected chi connectivity index (χ1v) is 5.58. The maximum absolute atomic E-state index is 11.0. The van der Waals surface area contributed by atoms with E-state index in [1.54, 1.807) is 6.92 Å². The van der Waals surface area contributed by atoms with Crippen LogP contribution in [0.3, 0.4) is 0 Å². The van der Waals surface area contributed by atoms with Gasteiger partial charge < -0.3 is 4.42 Å². The van der Waals surface area contributed by atoms with Gasteiger partial charge in [0.05, 0.1) is 6.54 Å². The third kappa shape index (κ3) is 2.91. The summed E-state index contributed by atoms with van der Waals surface area (Å²) in [5, 5.41) is 0. The van der Waals surface area contributed by atoms with Crippen molar-refractivity contribution in [1.82, 2.24) is 9.88 Å². The van der Waals surface area contributed by atoms with E-state index >= 15 is 0 Å². The second-order valence-corrected chi connectivity index (χ2v) is 4.41. The highest BCUT2D eigenvalue weighted by Gasteiger charge is 2.06. The Labute approximate surface area is 100 Å². The highest BCUT2D eigenvalue weighted by atomic mass is 16.3. The Kier molecular flexibility index (Phi) is 3.24. The van der Waals surface area contributed by atoms with Gasteiger partial charge in [-0.05, 0) is 31.7 Å². The summed E-state index contributed by atoms with van der Waals surface area (Å²) in [5.41, 5.74) is 2.81. The molecule has 17 heavy (non-hydrogen) atoms. The molecule has 1 aromatic carbocycles. The molecule has 4 heteroatoms. The monoisotopic (exact) mass is 232 g/mol. The van der Waals surface area contributed by atoms with Crippen LogP contribution in [0.2, 0.25) is 0 Å². The maximum atomic E-state index is 11.0. The van der Waals surface area contributed by atoms with E-state index in [-0.39, 0.29) is 5.78 Å². The van der Waals surface area contributed by atoms with Gasteiger partial charge in [0.1, 0.15) is 11.3 Å². The van der Waals surface area contributed by atoms with E-state index in [0.29, 0.717) is 12.4 Å². The van der Waals surface area contributed by atoms with Gasteiger partial charge in [-0.2, -0.15) is 0 Å². The zero-order valence-electron chi connectivity index (χ0n) is 10.4. The molecule has 0 bridgehead atoms. The van der Waals surface area contributed by atoms with Crippen LogP contribution >= 0.6 is 0 Å². The Morgan fingerprint density at radius 1 is 1.47 bits per heavy atom. The predicted molar refractivity (Wildman–Crippen MR) is 65.8 cm³/mol. The lowest BCUT2D eigenvalue weighted by Gasteiger charge is -2.14. The minimum absolute atomic E-state index is 0.172. The number of likely N-dealkylation sites (N-methyl/N-ethyl adjacent to an activating group) is 1. The number of hydrogen-bond donors (Lipinski definition) is 0. The molecule has 0 amide bonds. The number of Topliss-reactive ketones (excluding diaryl/α,β-unsaturated/α-hetero) is 1. The summed E-state index contributed by atoms with van der Waals surface area (Å²) < 4.78 is 5.41. The fourth-order valence-electron chi connectivity index (χ4n) is 1.93. The molecule has 0 atom stereocenters. The van der Waals surface area contributed by atoms with E-state index in [2.05, 4.69) is 4.98 Å². The average Bonchev–Trinajstić information content (AvgIpc) is 2.55. The molecule has 2 rings (SSSR count). The summed E-state index contributed by atoms with van der Waals surface area (Å²) in [5.74, 6) is 0.847. The van der Waals surface area contributed by atoms with Crippen LogP contribution in [0.1, 0.15) is 18.4 Å². The van der Waals surface area contributed by atoms with Crippen molar-refractivity contribution in [3.63, 3.8) is 0 Å². The summed E-state index contributed by atoms with van der Waals surface area (Å²) in [6.45, 7) is 4.64. The first kappa shape index (κ1) is 11.8. The Morgan fingerprint density at radius 3 is 2.94 bits per heavy atom. The number of fused-ring (bicyclic) bond motifs is 1. The van der Waals surface area contributed by atoms with Gasteiger partial charge in [0.15, 0.2) is 11.5 Å². The summed E-state index contributed by atoms with van der Waals surface area (Å²) in [6.07, 6.45) is 0. The topological polar surface area (TPSA) is 46.3 Å². The predicted octanol–water partition coefficient (Wildman–Crippen LogP) is 2.16. The molecule has 0 radical (unpaired) electrons. The summed E-state index contributed by atoms with van der Waals surface area (Å²) in [7, 11) is 1.93. The molecule has 0 fully saturated rings. The van der Waals surface area contributed by atoms with Crippen LogP contribution in [0.15, 0.2) is 22.6 Å². The molecule has 90 valence electrons. The number of aryl methyl sites for hydroxylation is 1. The standard InChI is InChI=1S/C13H16N2O2/c1-9(16)7-15(3)8-11-4-5-13-12(6-11)14-10(2)17-13/h4-6H,7-8H2,1-3H3. The van der Waals surface area contributed by atoms with Crippen molar-refractivity contribution in [2.24, 2.45) is 0 Å². The van der Waals surface area contributed by atoms with Crippen molar-refractivity contribution in [1.29, 1.82) is 0 Å². The number of ketones is 1. The molecular weight excluding hydrogens is 216 g/mol. The molecule has 0 N–H and O–H groups in total. The van der Waals surface area contributed by atoms with Crippen LogP contribution in [-0.4, -0.2) is 29.3 Å². The molecule has 0 unspecified atom stereocenters. The summed E-state index contributed by atoms with van der Waals surface area (Å²) in [4.78, 5) is 17.3. The van der Waals surface area contributed by atoms with Crippen molar-refractivity contribution in [3.05, 3.63) is 29.7 Å². The van der Waals surface area contributed by atoms with E-state index < -0.39 is 0 Å². The second-order valence-electron chi connectivity index (χ2n) is 4.41. The number of benzene rings is 1. The Balaban J connectivity index is 2.16. The van der Waals surface area contributed by atoms with Gasteiger partial charge >= 0.3 is 0 Å². The van der Waals surface area contributed by atoms with Crippen molar-refractivity contribution >= 4 is 16.9 Å². The lowest BCUT2D eigenvalue weighted by atomic mass is 10.2. The molecule has 2 aromatic rings. The van der Waals surface area contributed by atoms with Crippen LogP contribution < -0.4 is 0 Å². The fraction of sp³-hybridized carbons (Fsp3) is 0.385. The van der Waals surface area contributed by atoms with Crippen LogP contribution in [0.5, 0.6) is 0 Å². The van der Waals surface area contributed by atoms with Gasteiger partial charge in [-0.25, -0.2) is 4.98 Å². The van der Waals surface area contributed by atoms with Gasteiger partial charge in [0.25, 0.3) is 0 Å². The molecule has 0 aliphatic rings. The average molecular weight is 232 g/mol. The zero-order valence-corrected chi connectivity index (χ0v) is 10.4. The van der Waals surface area contributed by atoms with Gasteiger partial charge in [-0.1, -0.05) is 6.07 Å². The Morgan fingerprint density at radius 2 is 2.24 bits per heavy atom. The number of hydrogen-bond acceptors (Lipinski definition) is 4. The van der Waals surface area contributed by atoms with Gasteiger partial charge in [-0.3, -0.25) is 9.69 Å². The molecule has 4 nitrogen and oxygen atoms in total. The smallest absolute Gasteiger partial charge is 0.192 e. The highest BCUT2D eigenvalue weighted by molar-refractivity contribution is 5.77. The lowest BCUT2D eigenvalue weighted by molar-refractivity contribution is -0.117. The van der Waals surface area contributed by atoms with Gasteiger partial charge in [0, 0.05) is 13.5 Å². The molecule has 0 saturated carbocycles. The molecule has 0 aliphatic heterocycles. The lowest BCUT2D eigenvalue weighted by Crippen LogP contribution is -2.23.